The van der Waals surface area contributed by atoms with Crippen LogP contribution in [-0.2, 0) is 16.6 Å². The second-order valence-corrected chi connectivity index (χ2v) is 7.53. The lowest BCUT2D eigenvalue weighted by atomic mass is 10.2. The number of hydrogen-bond donors (Lipinski definition) is 2. The molecule has 0 radical (unpaired) electrons. The lowest BCUT2D eigenvalue weighted by molar-refractivity contribution is 0.278. The summed E-state index contributed by atoms with van der Waals surface area (Å²) >= 11 is 12.0. The van der Waals surface area contributed by atoms with Gasteiger partial charge < -0.3 is 10.6 Å². The average Bonchev–Trinajstić information content (AvgIpc) is 2.38. The number of nitrogens with one attached hydrogen (secondary N) is 1. The standard InChI is InChI=1S/C13H21Cl2N3O2S/c1-9(2)18(3)7-6-17-21(19,20)12-5-4-11(14)10(8-16)13(12)15/h4-5,9,17H,6-8,16H2,1-3H3. The second-order valence-electron chi connectivity index (χ2n) is 5.01. The molecule has 0 aromatic heterocycles. The van der Waals surface area contributed by atoms with E-state index < -0.39 is 10.0 Å². The summed E-state index contributed by atoms with van der Waals surface area (Å²) in [7, 11) is -1.75. The fraction of sp³-hybridized carbons (Fsp3) is 0.538. The van der Waals surface area contributed by atoms with Gasteiger partial charge in [-0.1, -0.05) is 23.2 Å². The summed E-state index contributed by atoms with van der Waals surface area (Å²) in [5, 5.41) is 0.440. The van der Waals surface area contributed by atoms with Crippen LogP contribution in [0.2, 0.25) is 10.0 Å². The Hall–Kier alpha value is -0.370. The Bertz CT molecular complexity index is 591. The third-order valence-corrected chi connectivity index (χ3v) is 5.68. The summed E-state index contributed by atoms with van der Waals surface area (Å²) < 4.78 is 27.1. The molecule has 0 saturated heterocycles. The minimum Gasteiger partial charge on any atom is -0.326 e. The quantitative estimate of drug-likeness (QED) is 0.786. The highest BCUT2D eigenvalue weighted by molar-refractivity contribution is 7.89. The molecule has 0 aliphatic carbocycles. The predicted molar refractivity (Wildman–Crippen MR) is 87.3 cm³/mol. The molecule has 5 nitrogen and oxygen atoms in total. The Morgan fingerprint density at radius 1 is 1.33 bits per heavy atom. The highest BCUT2D eigenvalue weighted by Gasteiger charge is 2.21. The van der Waals surface area contributed by atoms with Crippen molar-refractivity contribution in [1.29, 1.82) is 0 Å². The fourth-order valence-corrected chi connectivity index (χ4v) is 3.61. The van der Waals surface area contributed by atoms with Gasteiger partial charge in [-0.3, -0.25) is 0 Å². The van der Waals surface area contributed by atoms with Crippen molar-refractivity contribution in [2.24, 2.45) is 5.73 Å². The van der Waals surface area contributed by atoms with Crippen LogP contribution in [0, 0.1) is 0 Å². The fourth-order valence-electron chi connectivity index (χ4n) is 1.66. The molecule has 0 unspecified atom stereocenters. The van der Waals surface area contributed by atoms with E-state index in [1.807, 2.05) is 25.8 Å². The smallest absolute Gasteiger partial charge is 0.242 e. The number of benzene rings is 1. The monoisotopic (exact) mass is 353 g/mol. The van der Waals surface area contributed by atoms with Crippen LogP contribution < -0.4 is 10.5 Å². The maximum atomic E-state index is 12.3. The van der Waals surface area contributed by atoms with Gasteiger partial charge in [0.25, 0.3) is 0 Å². The van der Waals surface area contributed by atoms with Crippen LogP contribution in [-0.4, -0.2) is 39.5 Å². The second kappa shape index (κ2) is 7.76. The largest absolute Gasteiger partial charge is 0.326 e. The third kappa shape index (κ3) is 4.81. The SMILES string of the molecule is CC(C)N(C)CCNS(=O)(=O)c1ccc(Cl)c(CN)c1Cl. The van der Waals surface area contributed by atoms with Gasteiger partial charge in [0, 0.05) is 36.3 Å². The lowest BCUT2D eigenvalue weighted by Gasteiger charge is -2.21. The molecule has 0 aliphatic heterocycles. The highest BCUT2D eigenvalue weighted by atomic mass is 35.5. The summed E-state index contributed by atoms with van der Waals surface area (Å²) in [6.45, 7) is 5.06. The van der Waals surface area contributed by atoms with Crippen molar-refractivity contribution in [2.45, 2.75) is 31.3 Å². The molecule has 1 aromatic carbocycles. The van der Waals surface area contributed by atoms with E-state index in [0.29, 0.717) is 29.7 Å². The first-order valence-corrected chi connectivity index (χ1v) is 8.81. The molecule has 3 N–H and O–H groups in total. The molecule has 1 aromatic rings. The van der Waals surface area contributed by atoms with E-state index in [1.54, 1.807) is 0 Å². The van der Waals surface area contributed by atoms with Crippen molar-refractivity contribution >= 4 is 33.2 Å². The first-order chi connectivity index (χ1) is 9.70. The molecule has 120 valence electrons. The summed E-state index contributed by atoms with van der Waals surface area (Å²) in [4.78, 5) is 2.04. The van der Waals surface area contributed by atoms with Crippen molar-refractivity contribution in [1.82, 2.24) is 9.62 Å². The first-order valence-electron chi connectivity index (χ1n) is 6.57. The van der Waals surface area contributed by atoms with Crippen LogP contribution in [0.5, 0.6) is 0 Å². The minimum absolute atomic E-state index is 0.00113. The number of sulfonamides is 1. The number of nitrogens with zero attached hydrogens (tertiary/aromatic N) is 1. The third-order valence-electron chi connectivity index (χ3n) is 3.28. The number of halogens is 2. The van der Waals surface area contributed by atoms with E-state index in [2.05, 4.69) is 4.72 Å². The number of nitrogens with two attached hydrogens (primary N) is 1. The van der Waals surface area contributed by atoms with Crippen LogP contribution in [0.25, 0.3) is 0 Å². The topological polar surface area (TPSA) is 75.4 Å². The van der Waals surface area contributed by atoms with E-state index in [4.69, 9.17) is 28.9 Å². The van der Waals surface area contributed by atoms with Gasteiger partial charge >= 0.3 is 0 Å². The van der Waals surface area contributed by atoms with Gasteiger partial charge in [-0.2, -0.15) is 0 Å². The van der Waals surface area contributed by atoms with Crippen LogP contribution in [0.1, 0.15) is 19.4 Å². The van der Waals surface area contributed by atoms with Gasteiger partial charge in [0.2, 0.25) is 10.0 Å². The molecule has 0 amide bonds. The van der Waals surface area contributed by atoms with Crippen molar-refractivity contribution in [3.63, 3.8) is 0 Å². The van der Waals surface area contributed by atoms with Crippen LogP contribution in [0.4, 0.5) is 0 Å². The molecule has 0 aliphatic rings. The molecular weight excluding hydrogens is 333 g/mol. The van der Waals surface area contributed by atoms with Gasteiger partial charge in [-0.15, -0.1) is 0 Å². The molecule has 0 bridgehead atoms. The molecule has 0 spiro atoms. The normalized spacial score (nSPS) is 12.4. The molecule has 0 heterocycles. The Labute approximate surface area is 136 Å². The Kier molecular flexibility index (Phi) is 6.90. The zero-order valence-corrected chi connectivity index (χ0v) is 14.7. The van der Waals surface area contributed by atoms with Crippen LogP contribution in [0.15, 0.2) is 17.0 Å². The van der Waals surface area contributed by atoms with Gasteiger partial charge in [0.1, 0.15) is 4.90 Å². The molecule has 0 fully saturated rings. The summed E-state index contributed by atoms with van der Waals surface area (Å²) in [5.74, 6) is 0. The predicted octanol–water partition coefficient (Wildman–Crippen LogP) is 2.07. The van der Waals surface area contributed by atoms with Gasteiger partial charge in [-0.25, -0.2) is 13.1 Å². The van der Waals surface area contributed by atoms with Crippen molar-refractivity contribution in [2.75, 3.05) is 20.1 Å². The highest BCUT2D eigenvalue weighted by Crippen LogP contribution is 2.30. The van der Waals surface area contributed by atoms with Crippen LogP contribution in [0.3, 0.4) is 0 Å². The molecule has 0 atom stereocenters. The van der Waals surface area contributed by atoms with E-state index in [9.17, 15) is 8.42 Å². The molecule has 21 heavy (non-hydrogen) atoms. The van der Waals surface area contributed by atoms with Gasteiger partial charge in [-0.05, 0) is 33.0 Å². The Morgan fingerprint density at radius 3 is 2.48 bits per heavy atom. The Morgan fingerprint density at radius 2 is 1.95 bits per heavy atom. The number of likely N-dealkylation sites (N-methyl/N-ethyl adjacent to an activating group) is 1. The summed E-state index contributed by atoms with van der Waals surface area (Å²) in [5.41, 5.74) is 5.98. The van der Waals surface area contributed by atoms with Crippen LogP contribution >= 0.6 is 23.2 Å². The van der Waals surface area contributed by atoms with E-state index in [1.165, 1.54) is 12.1 Å². The maximum Gasteiger partial charge on any atom is 0.242 e. The molecule has 8 heteroatoms. The number of hydrogen-bond acceptors (Lipinski definition) is 4. The van der Waals surface area contributed by atoms with Crippen molar-refractivity contribution in [3.05, 3.63) is 27.7 Å². The average molecular weight is 354 g/mol. The zero-order valence-electron chi connectivity index (χ0n) is 12.4. The van der Waals surface area contributed by atoms with E-state index in [0.717, 1.165) is 0 Å². The van der Waals surface area contributed by atoms with Crippen molar-refractivity contribution in [3.8, 4) is 0 Å². The molecular formula is C13H21Cl2N3O2S. The minimum atomic E-state index is -3.68. The lowest BCUT2D eigenvalue weighted by Crippen LogP contribution is -2.36. The maximum absolute atomic E-state index is 12.3. The molecule has 0 saturated carbocycles. The zero-order chi connectivity index (χ0) is 16.2. The van der Waals surface area contributed by atoms with Gasteiger partial charge in [0.15, 0.2) is 0 Å². The molecule has 1 rings (SSSR count). The van der Waals surface area contributed by atoms with Gasteiger partial charge in [0.05, 0.1) is 5.02 Å². The van der Waals surface area contributed by atoms with Crippen molar-refractivity contribution < 1.29 is 8.42 Å². The summed E-state index contributed by atoms with van der Waals surface area (Å²) in [6, 6.07) is 3.22. The Balaban J connectivity index is 2.89. The summed E-state index contributed by atoms with van der Waals surface area (Å²) in [6.07, 6.45) is 0. The first kappa shape index (κ1) is 18.7. The number of rotatable bonds is 7. The van der Waals surface area contributed by atoms with E-state index >= 15 is 0 Å². The van der Waals surface area contributed by atoms with E-state index in [-0.39, 0.29) is 16.5 Å².